The summed E-state index contributed by atoms with van der Waals surface area (Å²) in [6.45, 7) is 4.37. The maximum Gasteiger partial charge on any atom is 0.411 e. The molecular formula is C13H19ClN2O2. The van der Waals surface area contributed by atoms with Gasteiger partial charge in [0.05, 0.1) is 6.61 Å². The van der Waals surface area contributed by atoms with Crippen molar-refractivity contribution in [2.24, 2.45) is 0 Å². The number of nitrogens with one attached hydrogen (secondary N) is 2. The fraction of sp³-hybridized carbons (Fsp3) is 0.462. The molecule has 0 saturated carbocycles. The van der Waals surface area contributed by atoms with Crippen LogP contribution in [0.15, 0.2) is 24.3 Å². The van der Waals surface area contributed by atoms with Crippen molar-refractivity contribution in [1.29, 1.82) is 0 Å². The number of hydrogen-bond acceptors (Lipinski definition) is 3. The Morgan fingerprint density at radius 1 is 1.39 bits per heavy atom. The van der Waals surface area contributed by atoms with Gasteiger partial charge < -0.3 is 10.1 Å². The molecule has 0 bridgehead atoms. The first kappa shape index (κ1) is 14.8. The van der Waals surface area contributed by atoms with Crippen LogP contribution in [-0.4, -0.2) is 25.8 Å². The van der Waals surface area contributed by atoms with E-state index in [1.165, 1.54) is 0 Å². The zero-order valence-corrected chi connectivity index (χ0v) is 11.3. The first-order chi connectivity index (χ1) is 8.72. The van der Waals surface area contributed by atoms with Crippen LogP contribution in [-0.2, 0) is 4.74 Å². The third-order valence-electron chi connectivity index (χ3n) is 2.23. The van der Waals surface area contributed by atoms with Crippen LogP contribution in [0.25, 0.3) is 0 Å². The average molecular weight is 271 g/mol. The Morgan fingerprint density at radius 2 is 2.22 bits per heavy atom. The van der Waals surface area contributed by atoms with Gasteiger partial charge in [0.2, 0.25) is 0 Å². The molecule has 100 valence electrons. The van der Waals surface area contributed by atoms with Gasteiger partial charge in [0.1, 0.15) is 0 Å². The molecule has 1 aromatic carbocycles. The van der Waals surface area contributed by atoms with Gasteiger partial charge in [-0.05, 0) is 44.1 Å². The van der Waals surface area contributed by atoms with Crippen molar-refractivity contribution in [2.45, 2.75) is 19.8 Å². The molecule has 0 fully saturated rings. The molecule has 1 rings (SSSR count). The molecule has 1 aromatic rings. The van der Waals surface area contributed by atoms with Crippen molar-refractivity contribution in [2.75, 3.05) is 25.0 Å². The summed E-state index contributed by atoms with van der Waals surface area (Å²) in [5, 5.41) is 6.44. The number of anilines is 1. The van der Waals surface area contributed by atoms with Crippen LogP contribution in [0, 0.1) is 0 Å². The first-order valence-corrected chi connectivity index (χ1v) is 6.50. The predicted molar refractivity (Wildman–Crippen MR) is 74.2 cm³/mol. The van der Waals surface area contributed by atoms with E-state index in [0.717, 1.165) is 25.9 Å². The van der Waals surface area contributed by atoms with E-state index >= 15 is 0 Å². The van der Waals surface area contributed by atoms with Crippen LogP contribution < -0.4 is 10.6 Å². The van der Waals surface area contributed by atoms with Crippen LogP contribution in [0.4, 0.5) is 10.5 Å². The minimum atomic E-state index is -0.451. The van der Waals surface area contributed by atoms with E-state index < -0.39 is 6.09 Å². The lowest BCUT2D eigenvalue weighted by Gasteiger charge is -2.07. The number of benzene rings is 1. The fourth-order valence-electron chi connectivity index (χ4n) is 1.38. The summed E-state index contributed by atoms with van der Waals surface area (Å²) in [5.41, 5.74) is 0.636. The molecule has 1 amide bonds. The quantitative estimate of drug-likeness (QED) is 0.748. The zero-order chi connectivity index (χ0) is 13.2. The number of amides is 1. The van der Waals surface area contributed by atoms with Crippen LogP contribution in [0.1, 0.15) is 19.8 Å². The Hall–Kier alpha value is -1.26. The van der Waals surface area contributed by atoms with E-state index in [0.29, 0.717) is 17.3 Å². The molecule has 0 aliphatic rings. The van der Waals surface area contributed by atoms with Crippen LogP contribution in [0.5, 0.6) is 0 Å². The second-order valence-corrected chi connectivity index (χ2v) is 4.31. The predicted octanol–water partition coefficient (Wildman–Crippen LogP) is 3.28. The molecule has 2 N–H and O–H groups in total. The van der Waals surface area contributed by atoms with Gasteiger partial charge in [0, 0.05) is 10.7 Å². The van der Waals surface area contributed by atoms with E-state index in [4.69, 9.17) is 16.3 Å². The van der Waals surface area contributed by atoms with Gasteiger partial charge in [0.25, 0.3) is 0 Å². The van der Waals surface area contributed by atoms with Crippen molar-refractivity contribution in [3.8, 4) is 0 Å². The highest BCUT2D eigenvalue weighted by molar-refractivity contribution is 6.30. The molecule has 0 unspecified atom stereocenters. The molecule has 0 spiro atoms. The van der Waals surface area contributed by atoms with Crippen LogP contribution in [0.3, 0.4) is 0 Å². The normalized spacial score (nSPS) is 10.1. The van der Waals surface area contributed by atoms with Gasteiger partial charge in [-0.2, -0.15) is 0 Å². The van der Waals surface area contributed by atoms with E-state index in [1.807, 2.05) is 0 Å². The molecule has 18 heavy (non-hydrogen) atoms. The van der Waals surface area contributed by atoms with E-state index in [1.54, 1.807) is 24.3 Å². The highest BCUT2D eigenvalue weighted by atomic mass is 35.5. The number of rotatable bonds is 7. The summed E-state index contributed by atoms with van der Waals surface area (Å²) in [5.74, 6) is 0. The highest BCUT2D eigenvalue weighted by Crippen LogP contribution is 2.14. The Kier molecular flexibility index (Phi) is 7.22. The molecule has 0 heterocycles. The van der Waals surface area contributed by atoms with Crippen LogP contribution in [0.2, 0.25) is 5.02 Å². The molecule has 0 radical (unpaired) electrons. The lowest BCUT2D eigenvalue weighted by atomic mass is 10.3. The third-order valence-corrected chi connectivity index (χ3v) is 2.46. The molecule has 5 heteroatoms. The molecule has 0 saturated heterocycles. The molecule has 0 atom stereocenters. The van der Waals surface area contributed by atoms with Crippen molar-refractivity contribution >= 4 is 23.4 Å². The van der Waals surface area contributed by atoms with Gasteiger partial charge in [0.15, 0.2) is 0 Å². The standard InChI is InChI=1S/C13H19ClN2O2/c1-2-7-15-8-4-9-18-13(17)16-12-6-3-5-11(14)10-12/h3,5-6,10,15H,2,4,7-9H2,1H3,(H,16,17). The average Bonchev–Trinajstić information content (AvgIpc) is 2.33. The molecule has 0 aromatic heterocycles. The largest absolute Gasteiger partial charge is 0.449 e. The Labute approximate surface area is 113 Å². The molecular weight excluding hydrogens is 252 g/mol. The van der Waals surface area contributed by atoms with E-state index in [-0.39, 0.29) is 0 Å². The van der Waals surface area contributed by atoms with Crippen molar-refractivity contribution in [1.82, 2.24) is 5.32 Å². The maximum atomic E-state index is 11.4. The van der Waals surface area contributed by atoms with E-state index in [2.05, 4.69) is 17.6 Å². The summed E-state index contributed by atoms with van der Waals surface area (Å²) in [6.07, 6.45) is 1.46. The SMILES string of the molecule is CCCNCCCOC(=O)Nc1cccc(Cl)c1. The topological polar surface area (TPSA) is 50.4 Å². The minimum absolute atomic E-state index is 0.406. The van der Waals surface area contributed by atoms with Crippen molar-refractivity contribution in [3.05, 3.63) is 29.3 Å². The second-order valence-electron chi connectivity index (χ2n) is 3.87. The first-order valence-electron chi connectivity index (χ1n) is 6.12. The van der Waals surface area contributed by atoms with Gasteiger partial charge in [-0.25, -0.2) is 4.79 Å². The summed E-state index contributed by atoms with van der Waals surface area (Å²) in [4.78, 5) is 11.4. The Morgan fingerprint density at radius 3 is 2.94 bits per heavy atom. The zero-order valence-electron chi connectivity index (χ0n) is 10.5. The lowest BCUT2D eigenvalue weighted by Crippen LogP contribution is -2.20. The summed E-state index contributed by atoms with van der Waals surface area (Å²) in [7, 11) is 0. The number of ether oxygens (including phenoxy) is 1. The monoisotopic (exact) mass is 270 g/mol. The number of carbonyl (C=O) groups excluding carboxylic acids is 1. The Bertz CT molecular complexity index is 372. The number of halogens is 1. The third kappa shape index (κ3) is 6.47. The summed E-state index contributed by atoms with van der Waals surface area (Å²) < 4.78 is 5.03. The number of carbonyl (C=O) groups is 1. The van der Waals surface area contributed by atoms with Gasteiger partial charge in [-0.1, -0.05) is 24.6 Å². The highest BCUT2D eigenvalue weighted by Gasteiger charge is 2.02. The smallest absolute Gasteiger partial charge is 0.411 e. The van der Waals surface area contributed by atoms with Gasteiger partial charge >= 0.3 is 6.09 Å². The summed E-state index contributed by atoms with van der Waals surface area (Å²) >= 11 is 5.80. The van der Waals surface area contributed by atoms with Gasteiger partial charge in [-0.15, -0.1) is 0 Å². The minimum Gasteiger partial charge on any atom is -0.449 e. The maximum absolute atomic E-state index is 11.4. The lowest BCUT2D eigenvalue weighted by molar-refractivity contribution is 0.160. The van der Waals surface area contributed by atoms with E-state index in [9.17, 15) is 4.79 Å². The van der Waals surface area contributed by atoms with Crippen LogP contribution >= 0.6 is 11.6 Å². The molecule has 0 aliphatic heterocycles. The van der Waals surface area contributed by atoms with Gasteiger partial charge in [-0.3, -0.25) is 5.32 Å². The Balaban J connectivity index is 2.14. The second kappa shape index (κ2) is 8.78. The summed E-state index contributed by atoms with van der Waals surface area (Å²) in [6, 6.07) is 6.95. The fourth-order valence-corrected chi connectivity index (χ4v) is 1.57. The van der Waals surface area contributed by atoms with Crippen molar-refractivity contribution < 1.29 is 9.53 Å². The molecule has 0 aliphatic carbocycles. The van der Waals surface area contributed by atoms with Crippen molar-refractivity contribution in [3.63, 3.8) is 0 Å². The number of hydrogen-bond donors (Lipinski definition) is 2. The molecule has 4 nitrogen and oxygen atoms in total.